The molecular formula is C14H14Cl2N4. The highest BCUT2D eigenvalue weighted by Gasteiger charge is 2.15. The van der Waals surface area contributed by atoms with Crippen molar-refractivity contribution in [1.29, 1.82) is 5.26 Å². The van der Waals surface area contributed by atoms with E-state index < -0.39 is 0 Å². The summed E-state index contributed by atoms with van der Waals surface area (Å²) in [6.45, 7) is 2.88. The van der Waals surface area contributed by atoms with Crippen LogP contribution in [-0.2, 0) is 6.54 Å². The molecule has 0 unspecified atom stereocenters. The van der Waals surface area contributed by atoms with Gasteiger partial charge in [0.2, 0.25) is 0 Å². The lowest BCUT2D eigenvalue weighted by molar-refractivity contribution is 0.541. The lowest BCUT2D eigenvalue weighted by Crippen LogP contribution is -2.03. The van der Waals surface area contributed by atoms with E-state index in [-0.39, 0.29) is 0 Å². The molecule has 0 fully saturated rings. The van der Waals surface area contributed by atoms with Crippen LogP contribution in [0.3, 0.4) is 0 Å². The predicted molar refractivity (Wildman–Crippen MR) is 79.7 cm³/mol. The Kier molecular flexibility index (Phi) is 4.99. The lowest BCUT2D eigenvalue weighted by atomic mass is 10.1. The van der Waals surface area contributed by atoms with Gasteiger partial charge in [-0.05, 0) is 18.6 Å². The number of benzene rings is 1. The van der Waals surface area contributed by atoms with Gasteiger partial charge in [0.15, 0.2) is 5.69 Å². The molecule has 20 heavy (non-hydrogen) atoms. The maximum absolute atomic E-state index is 9.16. The van der Waals surface area contributed by atoms with Crippen LogP contribution in [0.4, 0.5) is 0 Å². The van der Waals surface area contributed by atoms with Crippen molar-refractivity contribution < 1.29 is 0 Å². The zero-order valence-corrected chi connectivity index (χ0v) is 12.6. The van der Waals surface area contributed by atoms with E-state index in [0.29, 0.717) is 21.4 Å². The van der Waals surface area contributed by atoms with Crippen LogP contribution < -0.4 is 0 Å². The fraction of sp³-hybridized carbons (Fsp3) is 0.357. The minimum atomic E-state index is 0.305. The Hall–Kier alpha value is -1.57. The van der Waals surface area contributed by atoms with Gasteiger partial charge >= 0.3 is 0 Å². The average Bonchev–Trinajstić information content (AvgIpc) is 2.85. The third-order valence-electron chi connectivity index (χ3n) is 3.01. The molecule has 0 saturated carbocycles. The molecule has 0 atom stereocenters. The van der Waals surface area contributed by atoms with E-state index in [1.807, 2.05) is 6.07 Å². The number of hydrogen-bond acceptors (Lipinski definition) is 3. The Morgan fingerprint density at radius 3 is 2.70 bits per heavy atom. The maximum Gasteiger partial charge on any atom is 0.190 e. The van der Waals surface area contributed by atoms with Crippen molar-refractivity contribution >= 4 is 23.2 Å². The molecule has 1 aromatic carbocycles. The van der Waals surface area contributed by atoms with E-state index in [9.17, 15) is 0 Å². The van der Waals surface area contributed by atoms with Gasteiger partial charge in [-0.2, -0.15) is 5.26 Å². The molecule has 0 aliphatic carbocycles. The SMILES string of the molecule is CCCCCn1nnc(C#N)c1-c1ccc(Cl)c(Cl)c1. The zero-order valence-electron chi connectivity index (χ0n) is 11.1. The highest BCUT2D eigenvalue weighted by Crippen LogP contribution is 2.29. The van der Waals surface area contributed by atoms with Crippen LogP contribution in [0.5, 0.6) is 0 Å². The molecule has 2 aromatic rings. The number of nitrogens with zero attached hydrogens (tertiary/aromatic N) is 4. The van der Waals surface area contributed by atoms with Gasteiger partial charge in [0.1, 0.15) is 11.8 Å². The molecule has 0 bridgehead atoms. The monoisotopic (exact) mass is 308 g/mol. The van der Waals surface area contributed by atoms with E-state index in [1.54, 1.807) is 16.8 Å². The first-order valence-electron chi connectivity index (χ1n) is 6.46. The van der Waals surface area contributed by atoms with Crippen molar-refractivity contribution in [1.82, 2.24) is 15.0 Å². The van der Waals surface area contributed by atoms with Gasteiger partial charge in [-0.1, -0.05) is 54.2 Å². The van der Waals surface area contributed by atoms with Gasteiger partial charge in [0.25, 0.3) is 0 Å². The minimum absolute atomic E-state index is 0.305. The van der Waals surface area contributed by atoms with Gasteiger partial charge in [-0.3, -0.25) is 0 Å². The Morgan fingerprint density at radius 1 is 1.25 bits per heavy atom. The average molecular weight is 309 g/mol. The topological polar surface area (TPSA) is 54.5 Å². The number of nitriles is 1. The van der Waals surface area contributed by atoms with E-state index in [1.165, 1.54) is 0 Å². The lowest BCUT2D eigenvalue weighted by Gasteiger charge is -2.07. The summed E-state index contributed by atoms with van der Waals surface area (Å²) >= 11 is 12.0. The molecule has 0 radical (unpaired) electrons. The smallest absolute Gasteiger partial charge is 0.190 e. The molecular weight excluding hydrogens is 295 g/mol. The second-order valence-corrected chi connectivity index (χ2v) is 5.27. The highest BCUT2D eigenvalue weighted by atomic mass is 35.5. The van der Waals surface area contributed by atoms with Crippen LogP contribution in [0.25, 0.3) is 11.3 Å². The van der Waals surface area contributed by atoms with E-state index in [2.05, 4.69) is 23.3 Å². The van der Waals surface area contributed by atoms with Crippen molar-refractivity contribution in [2.45, 2.75) is 32.7 Å². The van der Waals surface area contributed by atoms with E-state index in [0.717, 1.165) is 31.4 Å². The van der Waals surface area contributed by atoms with Crippen LogP contribution in [0, 0.1) is 11.3 Å². The first-order valence-corrected chi connectivity index (χ1v) is 7.22. The minimum Gasteiger partial charge on any atom is -0.243 e. The van der Waals surface area contributed by atoms with E-state index in [4.69, 9.17) is 28.5 Å². The van der Waals surface area contributed by atoms with Crippen LogP contribution in [0.2, 0.25) is 10.0 Å². The fourth-order valence-electron chi connectivity index (χ4n) is 1.99. The standard InChI is InChI=1S/C14H14Cl2N4/c1-2-3-4-7-20-14(13(9-17)18-19-20)10-5-6-11(15)12(16)8-10/h5-6,8H,2-4,7H2,1H3. The summed E-state index contributed by atoms with van der Waals surface area (Å²) in [4.78, 5) is 0. The molecule has 0 aliphatic heterocycles. The Balaban J connectivity index is 2.40. The third-order valence-corrected chi connectivity index (χ3v) is 3.75. The molecule has 6 heteroatoms. The van der Waals surface area contributed by atoms with Gasteiger partial charge in [0.05, 0.1) is 10.0 Å². The Bertz CT molecular complexity index is 643. The van der Waals surface area contributed by atoms with Crippen molar-refractivity contribution in [3.05, 3.63) is 33.9 Å². The van der Waals surface area contributed by atoms with Crippen LogP contribution in [0.1, 0.15) is 31.9 Å². The summed E-state index contributed by atoms with van der Waals surface area (Å²) < 4.78 is 1.76. The maximum atomic E-state index is 9.16. The quantitative estimate of drug-likeness (QED) is 0.773. The molecule has 1 aromatic heterocycles. The number of hydrogen-bond donors (Lipinski definition) is 0. The highest BCUT2D eigenvalue weighted by molar-refractivity contribution is 6.42. The summed E-state index contributed by atoms with van der Waals surface area (Å²) in [6, 6.07) is 7.34. The van der Waals surface area contributed by atoms with Crippen molar-refractivity contribution in [3.63, 3.8) is 0 Å². The number of halogens is 2. The first kappa shape index (κ1) is 14.8. The fourth-order valence-corrected chi connectivity index (χ4v) is 2.28. The van der Waals surface area contributed by atoms with Crippen molar-refractivity contribution in [2.24, 2.45) is 0 Å². The molecule has 0 aliphatic rings. The predicted octanol–water partition coefficient (Wildman–Crippen LogP) is 4.31. The van der Waals surface area contributed by atoms with Crippen molar-refractivity contribution in [2.75, 3.05) is 0 Å². The molecule has 0 saturated heterocycles. The second kappa shape index (κ2) is 6.74. The van der Waals surface area contributed by atoms with Crippen LogP contribution >= 0.6 is 23.2 Å². The van der Waals surface area contributed by atoms with Crippen molar-refractivity contribution in [3.8, 4) is 17.3 Å². The summed E-state index contributed by atoms with van der Waals surface area (Å²) in [7, 11) is 0. The van der Waals surface area contributed by atoms with Crippen LogP contribution in [-0.4, -0.2) is 15.0 Å². The van der Waals surface area contributed by atoms with Gasteiger partial charge in [-0.25, -0.2) is 4.68 Å². The molecule has 2 rings (SSSR count). The first-order chi connectivity index (χ1) is 9.67. The number of rotatable bonds is 5. The molecule has 0 amide bonds. The van der Waals surface area contributed by atoms with Gasteiger partial charge < -0.3 is 0 Å². The van der Waals surface area contributed by atoms with Gasteiger partial charge in [-0.15, -0.1) is 5.10 Å². The Labute approximate surface area is 127 Å². The zero-order chi connectivity index (χ0) is 14.5. The van der Waals surface area contributed by atoms with E-state index >= 15 is 0 Å². The summed E-state index contributed by atoms with van der Waals surface area (Å²) in [6.07, 6.45) is 3.24. The molecule has 1 heterocycles. The van der Waals surface area contributed by atoms with Crippen LogP contribution in [0.15, 0.2) is 18.2 Å². The summed E-state index contributed by atoms with van der Waals surface area (Å²) in [5.74, 6) is 0. The summed E-state index contributed by atoms with van der Waals surface area (Å²) in [5, 5.41) is 18.1. The number of aryl methyl sites for hydroxylation is 1. The molecule has 0 N–H and O–H groups in total. The third kappa shape index (κ3) is 3.12. The molecule has 104 valence electrons. The largest absolute Gasteiger partial charge is 0.243 e. The molecule has 4 nitrogen and oxygen atoms in total. The second-order valence-electron chi connectivity index (χ2n) is 4.46. The number of aromatic nitrogens is 3. The van der Waals surface area contributed by atoms with Gasteiger partial charge in [0, 0.05) is 12.1 Å². The molecule has 0 spiro atoms. The number of unbranched alkanes of at least 4 members (excludes halogenated alkanes) is 2. The summed E-state index contributed by atoms with van der Waals surface area (Å²) in [5.41, 5.74) is 1.81. The Morgan fingerprint density at radius 2 is 2.05 bits per heavy atom. The normalized spacial score (nSPS) is 10.5.